The van der Waals surface area contributed by atoms with Crippen molar-refractivity contribution in [3.63, 3.8) is 0 Å². The Bertz CT molecular complexity index is 558. The summed E-state index contributed by atoms with van der Waals surface area (Å²) in [5.41, 5.74) is 0.265. The zero-order valence-corrected chi connectivity index (χ0v) is 12.9. The Hall–Kier alpha value is -1.66. The van der Waals surface area contributed by atoms with E-state index in [2.05, 4.69) is 10.3 Å². The van der Waals surface area contributed by atoms with Crippen LogP contribution in [0.4, 0.5) is 0 Å². The van der Waals surface area contributed by atoms with Gasteiger partial charge in [-0.15, -0.1) is 0 Å². The molecule has 2 aliphatic rings. The summed E-state index contributed by atoms with van der Waals surface area (Å²) >= 11 is 5.75. The van der Waals surface area contributed by atoms with Crippen LogP contribution in [0.15, 0.2) is 18.3 Å². The van der Waals surface area contributed by atoms with Gasteiger partial charge < -0.3 is 15.0 Å². The minimum absolute atomic E-state index is 0.00536. The Kier molecular flexibility index (Phi) is 4.59. The number of nitrogens with one attached hydrogen (secondary N) is 1. The molecule has 0 aromatic carbocycles. The van der Waals surface area contributed by atoms with Crippen molar-refractivity contribution < 1.29 is 14.3 Å². The van der Waals surface area contributed by atoms with E-state index < -0.39 is 6.04 Å². The SMILES string of the molecule is O=C(NC1CCN(C2CCOCC2)C1=O)c1ccc(Cl)cn1. The second-order valence-corrected chi connectivity index (χ2v) is 5.99. The number of ether oxygens (including phenoxy) is 1. The van der Waals surface area contributed by atoms with Gasteiger partial charge in [0.2, 0.25) is 5.91 Å². The molecule has 1 N–H and O–H groups in total. The van der Waals surface area contributed by atoms with Crippen molar-refractivity contribution in [1.29, 1.82) is 0 Å². The van der Waals surface area contributed by atoms with Crippen LogP contribution >= 0.6 is 11.6 Å². The number of amides is 2. The molecule has 1 atom stereocenters. The maximum absolute atomic E-state index is 12.5. The van der Waals surface area contributed by atoms with Crippen molar-refractivity contribution in [2.45, 2.75) is 31.3 Å². The molecule has 1 aromatic heterocycles. The average Bonchev–Trinajstić information content (AvgIpc) is 2.90. The van der Waals surface area contributed by atoms with Crippen LogP contribution in [-0.4, -0.2) is 53.5 Å². The van der Waals surface area contributed by atoms with Crippen LogP contribution in [0.2, 0.25) is 5.02 Å². The summed E-state index contributed by atoms with van der Waals surface area (Å²) in [6.45, 7) is 2.07. The van der Waals surface area contributed by atoms with E-state index in [0.29, 0.717) is 31.2 Å². The highest BCUT2D eigenvalue weighted by Crippen LogP contribution is 2.21. The number of likely N-dealkylation sites (tertiary alicyclic amines) is 1. The number of carbonyl (C=O) groups excluding carboxylic acids is 2. The van der Waals surface area contributed by atoms with Crippen LogP contribution < -0.4 is 5.32 Å². The van der Waals surface area contributed by atoms with Gasteiger partial charge in [-0.1, -0.05) is 11.6 Å². The standard InChI is InChI=1S/C15H18ClN3O3/c16-10-1-2-12(17-9-10)14(20)18-13-3-6-19(15(13)21)11-4-7-22-8-5-11/h1-2,9,11,13H,3-8H2,(H,18,20). The van der Waals surface area contributed by atoms with Gasteiger partial charge in [-0.25, -0.2) is 4.98 Å². The summed E-state index contributed by atoms with van der Waals surface area (Å²) in [5.74, 6) is -0.349. The van der Waals surface area contributed by atoms with Crippen LogP contribution in [0, 0.1) is 0 Å². The second-order valence-electron chi connectivity index (χ2n) is 5.55. The van der Waals surface area contributed by atoms with Gasteiger partial charge in [0.25, 0.3) is 5.91 Å². The van der Waals surface area contributed by atoms with E-state index in [1.165, 1.54) is 6.20 Å². The molecule has 2 amide bonds. The predicted molar refractivity (Wildman–Crippen MR) is 80.7 cm³/mol. The predicted octanol–water partition coefficient (Wildman–Crippen LogP) is 1.24. The lowest BCUT2D eigenvalue weighted by atomic mass is 10.1. The normalized spacial score (nSPS) is 22.9. The van der Waals surface area contributed by atoms with Crippen molar-refractivity contribution in [1.82, 2.24) is 15.2 Å². The molecule has 6 nitrogen and oxygen atoms in total. The minimum Gasteiger partial charge on any atom is -0.381 e. The van der Waals surface area contributed by atoms with Crippen molar-refractivity contribution in [3.8, 4) is 0 Å². The van der Waals surface area contributed by atoms with Crippen LogP contribution in [0.1, 0.15) is 29.8 Å². The Morgan fingerprint density at radius 1 is 1.32 bits per heavy atom. The van der Waals surface area contributed by atoms with Gasteiger partial charge >= 0.3 is 0 Å². The van der Waals surface area contributed by atoms with Crippen LogP contribution in [-0.2, 0) is 9.53 Å². The summed E-state index contributed by atoms with van der Waals surface area (Å²) in [5, 5.41) is 3.24. The molecule has 3 rings (SSSR count). The van der Waals surface area contributed by atoms with E-state index in [9.17, 15) is 9.59 Å². The highest BCUT2D eigenvalue weighted by atomic mass is 35.5. The Morgan fingerprint density at radius 3 is 2.77 bits per heavy atom. The van der Waals surface area contributed by atoms with Crippen LogP contribution in [0.25, 0.3) is 0 Å². The Morgan fingerprint density at radius 2 is 2.09 bits per heavy atom. The van der Waals surface area contributed by atoms with Crippen LogP contribution in [0.3, 0.4) is 0 Å². The third-order valence-corrected chi connectivity index (χ3v) is 4.36. The highest BCUT2D eigenvalue weighted by molar-refractivity contribution is 6.30. The van der Waals surface area contributed by atoms with E-state index in [4.69, 9.17) is 16.3 Å². The summed E-state index contributed by atoms with van der Waals surface area (Å²) in [6.07, 6.45) is 3.78. The second kappa shape index (κ2) is 6.62. The number of aromatic nitrogens is 1. The molecule has 2 fully saturated rings. The van der Waals surface area contributed by atoms with Gasteiger partial charge in [-0.3, -0.25) is 9.59 Å². The van der Waals surface area contributed by atoms with Gasteiger partial charge in [0.1, 0.15) is 11.7 Å². The van der Waals surface area contributed by atoms with Gasteiger partial charge in [-0.2, -0.15) is 0 Å². The Balaban J connectivity index is 1.60. The molecule has 0 aliphatic carbocycles. The van der Waals surface area contributed by atoms with Crippen molar-refractivity contribution in [3.05, 3.63) is 29.0 Å². The van der Waals surface area contributed by atoms with Gasteiger partial charge in [0, 0.05) is 32.0 Å². The third kappa shape index (κ3) is 3.23. The lowest BCUT2D eigenvalue weighted by molar-refractivity contribution is -0.132. The first-order valence-corrected chi connectivity index (χ1v) is 7.83. The lowest BCUT2D eigenvalue weighted by Gasteiger charge is -2.31. The Labute approximate surface area is 133 Å². The van der Waals surface area contributed by atoms with E-state index in [0.717, 1.165) is 12.8 Å². The van der Waals surface area contributed by atoms with Crippen molar-refractivity contribution >= 4 is 23.4 Å². The minimum atomic E-state index is -0.465. The van der Waals surface area contributed by atoms with Crippen molar-refractivity contribution in [2.75, 3.05) is 19.8 Å². The molecular weight excluding hydrogens is 306 g/mol. The molecule has 22 heavy (non-hydrogen) atoms. The molecule has 3 heterocycles. The quantitative estimate of drug-likeness (QED) is 0.908. The fourth-order valence-electron chi connectivity index (χ4n) is 2.94. The maximum atomic E-state index is 12.5. The molecule has 1 aromatic rings. The molecule has 1 unspecified atom stereocenters. The monoisotopic (exact) mass is 323 g/mol. The number of hydrogen-bond donors (Lipinski definition) is 1. The smallest absolute Gasteiger partial charge is 0.270 e. The first-order valence-electron chi connectivity index (χ1n) is 7.46. The molecule has 2 aliphatic heterocycles. The summed E-state index contributed by atoms with van der Waals surface area (Å²) in [4.78, 5) is 30.4. The summed E-state index contributed by atoms with van der Waals surface area (Å²) in [7, 11) is 0. The van der Waals surface area contributed by atoms with E-state index >= 15 is 0 Å². The molecule has 2 saturated heterocycles. The number of hydrogen-bond acceptors (Lipinski definition) is 4. The topological polar surface area (TPSA) is 71.5 Å². The maximum Gasteiger partial charge on any atom is 0.270 e. The van der Waals surface area contributed by atoms with Crippen molar-refractivity contribution in [2.24, 2.45) is 0 Å². The zero-order chi connectivity index (χ0) is 15.5. The summed E-state index contributed by atoms with van der Waals surface area (Å²) in [6, 6.07) is 2.92. The molecule has 0 radical (unpaired) electrons. The fourth-order valence-corrected chi connectivity index (χ4v) is 3.05. The largest absolute Gasteiger partial charge is 0.381 e. The van der Waals surface area contributed by atoms with Crippen LogP contribution in [0.5, 0.6) is 0 Å². The average molecular weight is 324 g/mol. The first kappa shape index (κ1) is 15.2. The summed E-state index contributed by atoms with van der Waals surface area (Å²) < 4.78 is 5.33. The van der Waals surface area contributed by atoms with E-state index in [1.807, 2.05) is 4.90 Å². The number of nitrogens with zero attached hydrogens (tertiary/aromatic N) is 2. The number of rotatable bonds is 3. The van der Waals surface area contributed by atoms with E-state index in [-0.39, 0.29) is 23.6 Å². The molecular formula is C15H18ClN3O3. The molecule has 7 heteroatoms. The number of carbonyl (C=O) groups is 2. The lowest BCUT2D eigenvalue weighted by Crippen LogP contribution is -2.46. The highest BCUT2D eigenvalue weighted by Gasteiger charge is 2.37. The zero-order valence-electron chi connectivity index (χ0n) is 12.1. The van der Waals surface area contributed by atoms with E-state index in [1.54, 1.807) is 12.1 Å². The molecule has 118 valence electrons. The fraction of sp³-hybridized carbons (Fsp3) is 0.533. The van der Waals surface area contributed by atoms with Gasteiger partial charge in [-0.05, 0) is 31.4 Å². The molecule has 0 saturated carbocycles. The molecule has 0 spiro atoms. The number of pyridine rings is 1. The molecule has 0 bridgehead atoms. The van der Waals surface area contributed by atoms with Gasteiger partial charge in [0.15, 0.2) is 0 Å². The van der Waals surface area contributed by atoms with Gasteiger partial charge in [0.05, 0.1) is 5.02 Å². The third-order valence-electron chi connectivity index (χ3n) is 4.14. The number of halogens is 1. The first-order chi connectivity index (χ1) is 10.6.